The molecule has 0 saturated carbocycles. The Morgan fingerprint density at radius 1 is 1.41 bits per heavy atom. The van der Waals surface area contributed by atoms with E-state index in [1.807, 2.05) is 25.1 Å². The summed E-state index contributed by atoms with van der Waals surface area (Å²) < 4.78 is 1.31. The molecule has 0 aliphatic carbocycles. The quantitative estimate of drug-likeness (QED) is 0.631. The molecule has 0 bridgehead atoms. The normalized spacial score (nSPS) is 13.6. The summed E-state index contributed by atoms with van der Waals surface area (Å²) in [5.74, 6) is 5.98. The lowest BCUT2D eigenvalue weighted by atomic mass is 9.97. The van der Waals surface area contributed by atoms with Crippen molar-refractivity contribution in [2.75, 3.05) is 11.2 Å². The molecule has 0 unspecified atom stereocenters. The van der Waals surface area contributed by atoms with Gasteiger partial charge in [-0.05, 0) is 30.9 Å². The van der Waals surface area contributed by atoms with Crippen LogP contribution < -0.4 is 11.2 Å². The maximum atomic E-state index is 12.4. The minimum absolute atomic E-state index is 0.0799. The number of nitrogens with two attached hydrogens (primary N) is 1. The molecule has 1 heterocycles. The van der Waals surface area contributed by atoms with Crippen molar-refractivity contribution in [3.63, 3.8) is 0 Å². The van der Waals surface area contributed by atoms with E-state index in [1.54, 1.807) is 0 Å². The number of nitrogen functional groups attached to an aromatic ring is 1. The van der Waals surface area contributed by atoms with Gasteiger partial charge in [0.15, 0.2) is 0 Å². The monoisotopic (exact) mass is 319 g/mol. The smallest absolute Gasteiger partial charge is 0.237 e. The minimum Gasteiger partial charge on any atom is -0.336 e. The summed E-state index contributed by atoms with van der Waals surface area (Å²) in [6.07, 6.45) is 2.43. The number of nitrogens with zero attached hydrogens (tertiary/aromatic N) is 3. The first-order valence-electron chi connectivity index (χ1n) is 7.24. The molecule has 0 aliphatic heterocycles. The molecular formula is C15H21N5OS. The Bertz CT molecular complexity index is 642. The summed E-state index contributed by atoms with van der Waals surface area (Å²) in [7, 11) is 0. The maximum absolute atomic E-state index is 12.4. The first-order valence-corrected chi connectivity index (χ1v) is 8.12. The Morgan fingerprint density at radius 2 is 2.14 bits per heavy atom. The maximum Gasteiger partial charge on any atom is 0.237 e. The predicted molar refractivity (Wildman–Crippen MR) is 89.3 cm³/mol. The molecule has 1 amide bonds. The molecule has 118 valence electrons. The molecule has 3 N–H and O–H groups in total. The summed E-state index contributed by atoms with van der Waals surface area (Å²) in [6, 6.07) is 7.91. The Hall–Kier alpha value is -2.02. The average molecular weight is 319 g/mol. The number of aromatic nitrogens is 3. The lowest BCUT2D eigenvalue weighted by Gasteiger charge is -2.17. The van der Waals surface area contributed by atoms with Gasteiger partial charge < -0.3 is 11.2 Å². The van der Waals surface area contributed by atoms with Gasteiger partial charge in [-0.2, -0.15) is 0 Å². The molecule has 7 heteroatoms. The van der Waals surface area contributed by atoms with Gasteiger partial charge in [0.2, 0.25) is 11.1 Å². The molecule has 2 aromatic rings. The van der Waals surface area contributed by atoms with E-state index >= 15 is 0 Å². The van der Waals surface area contributed by atoms with Crippen molar-refractivity contribution < 1.29 is 4.79 Å². The van der Waals surface area contributed by atoms with Gasteiger partial charge in [0.05, 0.1) is 5.25 Å². The zero-order chi connectivity index (χ0) is 16.1. The Kier molecular flexibility index (Phi) is 5.43. The summed E-state index contributed by atoms with van der Waals surface area (Å²) >= 11 is 1.28. The highest BCUT2D eigenvalue weighted by molar-refractivity contribution is 8.00. The van der Waals surface area contributed by atoms with Crippen molar-refractivity contribution in [2.24, 2.45) is 0 Å². The van der Waals surface area contributed by atoms with Gasteiger partial charge >= 0.3 is 0 Å². The fraction of sp³-hybridized carbons (Fsp3) is 0.400. The number of amides is 1. The predicted octanol–water partition coefficient (Wildman–Crippen LogP) is 2.62. The third kappa shape index (κ3) is 3.79. The third-order valence-electron chi connectivity index (χ3n) is 3.55. The van der Waals surface area contributed by atoms with Gasteiger partial charge in [0.1, 0.15) is 6.33 Å². The summed E-state index contributed by atoms with van der Waals surface area (Å²) in [5.41, 5.74) is 2.01. The number of carbonyl (C=O) groups excluding carboxylic acids is 1. The summed E-state index contributed by atoms with van der Waals surface area (Å²) in [6.45, 7) is 6.11. The molecular weight excluding hydrogens is 298 g/mol. The van der Waals surface area contributed by atoms with Crippen LogP contribution >= 0.6 is 11.8 Å². The van der Waals surface area contributed by atoms with Crippen molar-refractivity contribution in [1.82, 2.24) is 14.9 Å². The van der Waals surface area contributed by atoms with Crippen LogP contribution in [0.1, 0.15) is 38.7 Å². The van der Waals surface area contributed by atoms with E-state index in [1.165, 1.54) is 22.8 Å². The van der Waals surface area contributed by atoms with Crippen molar-refractivity contribution in [3.05, 3.63) is 36.2 Å². The lowest BCUT2D eigenvalue weighted by Crippen LogP contribution is -2.24. The fourth-order valence-electron chi connectivity index (χ4n) is 2.02. The number of nitrogens with one attached hydrogen (secondary N) is 1. The van der Waals surface area contributed by atoms with E-state index in [4.69, 9.17) is 5.84 Å². The van der Waals surface area contributed by atoms with Crippen LogP contribution in [0.3, 0.4) is 0 Å². The average Bonchev–Trinajstić information content (AvgIpc) is 2.92. The zero-order valence-electron chi connectivity index (χ0n) is 13.0. The molecule has 0 radical (unpaired) electrons. The number of anilines is 1. The number of benzene rings is 1. The number of carbonyl (C=O) groups is 1. The highest BCUT2D eigenvalue weighted by atomic mass is 32.2. The SMILES string of the molecule is CC[C@H](C)c1ccccc1NC(=O)[C@H](C)Sc1nncn1N. The molecule has 2 rings (SSSR count). The van der Waals surface area contributed by atoms with Crippen LogP contribution in [0.4, 0.5) is 5.69 Å². The van der Waals surface area contributed by atoms with E-state index in [0.29, 0.717) is 11.1 Å². The second-order valence-corrected chi connectivity index (χ2v) is 6.47. The zero-order valence-corrected chi connectivity index (χ0v) is 13.8. The second-order valence-electron chi connectivity index (χ2n) is 5.17. The van der Waals surface area contributed by atoms with Crippen molar-refractivity contribution in [3.8, 4) is 0 Å². The van der Waals surface area contributed by atoms with Gasteiger partial charge in [-0.3, -0.25) is 4.79 Å². The summed E-state index contributed by atoms with van der Waals surface area (Å²) in [4.78, 5) is 12.4. The molecule has 0 spiro atoms. The van der Waals surface area contributed by atoms with E-state index < -0.39 is 0 Å². The number of thioether (sulfide) groups is 1. The van der Waals surface area contributed by atoms with Crippen molar-refractivity contribution >= 4 is 23.4 Å². The molecule has 2 atom stereocenters. The van der Waals surface area contributed by atoms with Crippen LogP contribution in [0.15, 0.2) is 35.7 Å². The first-order chi connectivity index (χ1) is 10.5. The van der Waals surface area contributed by atoms with E-state index in [2.05, 4.69) is 35.4 Å². The molecule has 1 aromatic heterocycles. The van der Waals surface area contributed by atoms with Gasteiger partial charge in [0, 0.05) is 5.69 Å². The summed E-state index contributed by atoms with van der Waals surface area (Å²) in [5, 5.41) is 10.8. The second kappa shape index (κ2) is 7.31. The highest BCUT2D eigenvalue weighted by Gasteiger charge is 2.19. The molecule has 0 saturated heterocycles. The largest absolute Gasteiger partial charge is 0.336 e. The van der Waals surface area contributed by atoms with E-state index in [0.717, 1.165) is 17.7 Å². The molecule has 0 fully saturated rings. The first kappa shape index (κ1) is 16.4. The standard InChI is InChI=1S/C15H21N5OS/c1-4-10(2)12-7-5-6-8-13(12)18-14(21)11(3)22-15-19-17-9-20(15)16/h5-11H,4,16H2,1-3H3,(H,18,21)/t10-,11-/m0/s1. The van der Waals surface area contributed by atoms with Crippen molar-refractivity contribution in [1.29, 1.82) is 0 Å². The highest BCUT2D eigenvalue weighted by Crippen LogP contribution is 2.28. The number of para-hydroxylation sites is 1. The Labute approximate surface area is 134 Å². The fourth-order valence-corrected chi connectivity index (χ4v) is 2.77. The van der Waals surface area contributed by atoms with Gasteiger partial charge in [-0.15, -0.1) is 10.2 Å². The molecule has 1 aromatic carbocycles. The minimum atomic E-state index is -0.323. The van der Waals surface area contributed by atoms with Crippen LogP contribution in [0.25, 0.3) is 0 Å². The van der Waals surface area contributed by atoms with Crippen LogP contribution in [-0.2, 0) is 4.79 Å². The van der Waals surface area contributed by atoms with E-state index in [9.17, 15) is 4.79 Å². The number of rotatable bonds is 6. The third-order valence-corrected chi connectivity index (χ3v) is 4.62. The topological polar surface area (TPSA) is 85.8 Å². The van der Waals surface area contributed by atoms with Crippen LogP contribution in [0.2, 0.25) is 0 Å². The Balaban J connectivity index is 2.07. The van der Waals surface area contributed by atoms with E-state index in [-0.39, 0.29) is 11.2 Å². The van der Waals surface area contributed by atoms with Crippen molar-refractivity contribution in [2.45, 2.75) is 43.5 Å². The van der Waals surface area contributed by atoms with Gasteiger partial charge in [-0.25, -0.2) is 4.68 Å². The van der Waals surface area contributed by atoms with Gasteiger partial charge in [-0.1, -0.05) is 43.8 Å². The molecule has 22 heavy (non-hydrogen) atoms. The van der Waals surface area contributed by atoms with Crippen LogP contribution in [-0.4, -0.2) is 26.0 Å². The van der Waals surface area contributed by atoms with Crippen LogP contribution in [0, 0.1) is 0 Å². The molecule has 0 aliphatic rings. The number of hydrogen-bond donors (Lipinski definition) is 2. The Morgan fingerprint density at radius 3 is 2.77 bits per heavy atom. The van der Waals surface area contributed by atoms with Gasteiger partial charge in [0.25, 0.3) is 0 Å². The lowest BCUT2D eigenvalue weighted by molar-refractivity contribution is -0.115. The number of hydrogen-bond acceptors (Lipinski definition) is 5. The van der Waals surface area contributed by atoms with Crippen LogP contribution in [0.5, 0.6) is 0 Å². The molecule has 6 nitrogen and oxygen atoms in total.